The van der Waals surface area contributed by atoms with Crippen molar-refractivity contribution >= 4 is 11.8 Å². The van der Waals surface area contributed by atoms with Crippen LogP contribution in [0.3, 0.4) is 0 Å². The Hall–Kier alpha value is -0.900. The molecule has 0 aromatic heterocycles. The highest BCUT2D eigenvalue weighted by atomic mass is 16.5. The predicted octanol–water partition coefficient (Wildman–Crippen LogP) is 2.74. The Kier molecular flexibility index (Phi) is 5.98. The molecule has 0 N–H and O–H groups in total. The second-order valence-electron chi connectivity index (χ2n) is 5.47. The van der Waals surface area contributed by atoms with Crippen LogP contribution in [0.25, 0.3) is 0 Å². The third-order valence-electron chi connectivity index (χ3n) is 3.77. The summed E-state index contributed by atoms with van der Waals surface area (Å²) in [5.41, 5.74) is -0.754. The van der Waals surface area contributed by atoms with Crippen LogP contribution in [-0.4, -0.2) is 30.6 Å². The molecule has 1 aliphatic carbocycles. The molecule has 0 heterocycles. The Morgan fingerprint density at radius 2 is 1.68 bits per heavy atom. The molecule has 0 aliphatic heterocycles. The molecule has 110 valence electrons. The summed E-state index contributed by atoms with van der Waals surface area (Å²) in [5, 5.41) is 0. The number of hydrogen-bond acceptors (Lipinski definition) is 4. The minimum absolute atomic E-state index is 0.0653. The first-order valence-corrected chi connectivity index (χ1v) is 7.33. The first-order valence-electron chi connectivity index (χ1n) is 7.33. The SMILES string of the molecule is CCOC(=O)C(C(=O)C1(OCC)CCCC1)C(C)C. The predicted molar refractivity (Wildman–Crippen MR) is 72.8 cm³/mol. The Morgan fingerprint density at radius 1 is 1.11 bits per heavy atom. The molecular formula is C15H26O4. The van der Waals surface area contributed by atoms with Gasteiger partial charge in [0.2, 0.25) is 0 Å². The summed E-state index contributed by atoms with van der Waals surface area (Å²) in [4.78, 5) is 24.8. The van der Waals surface area contributed by atoms with E-state index in [9.17, 15) is 9.59 Å². The van der Waals surface area contributed by atoms with Crippen molar-refractivity contribution in [3.63, 3.8) is 0 Å². The smallest absolute Gasteiger partial charge is 0.316 e. The summed E-state index contributed by atoms with van der Waals surface area (Å²) in [6.45, 7) is 8.22. The quantitative estimate of drug-likeness (QED) is 0.527. The van der Waals surface area contributed by atoms with Crippen molar-refractivity contribution in [3.05, 3.63) is 0 Å². The molecule has 0 bridgehead atoms. The molecule has 1 atom stereocenters. The number of carbonyl (C=O) groups excluding carboxylic acids is 2. The van der Waals surface area contributed by atoms with Crippen LogP contribution in [0.4, 0.5) is 0 Å². The van der Waals surface area contributed by atoms with Crippen LogP contribution in [0.2, 0.25) is 0 Å². The molecule has 0 aromatic carbocycles. The van der Waals surface area contributed by atoms with E-state index in [1.54, 1.807) is 6.92 Å². The third kappa shape index (κ3) is 3.56. The zero-order valence-electron chi connectivity index (χ0n) is 12.5. The first kappa shape index (κ1) is 16.2. The number of esters is 1. The van der Waals surface area contributed by atoms with E-state index >= 15 is 0 Å². The van der Waals surface area contributed by atoms with Gasteiger partial charge in [-0.2, -0.15) is 0 Å². The maximum Gasteiger partial charge on any atom is 0.316 e. The zero-order chi connectivity index (χ0) is 14.5. The fourth-order valence-corrected chi connectivity index (χ4v) is 2.88. The average molecular weight is 270 g/mol. The van der Waals surface area contributed by atoms with Crippen LogP contribution in [0.5, 0.6) is 0 Å². The minimum Gasteiger partial charge on any atom is -0.465 e. The lowest BCUT2D eigenvalue weighted by molar-refractivity contribution is -0.163. The molecule has 0 spiro atoms. The summed E-state index contributed by atoms with van der Waals surface area (Å²) >= 11 is 0. The highest BCUT2D eigenvalue weighted by molar-refractivity contribution is 6.03. The van der Waals surface area contributed by atoms with E-state index in [1.807, 2.05) is 20.8 Å². The molecule has 0 aromatic rings. The number of ketones is 1. The lowest BCUT2D eigenvalue weighted by Gasteiger charge is -2.31. The van der Waals surface area contributed by atoms with E-state index in [2.05, 4.69) is 0 Å². The first-order chi connectivity index (χ1) is 8.98. The normalized spacial score (nSPS) is 19.4. The fraction of sp³-hybridized carbons (Fsp3) is 0.867. The number of hydrogen-bond donors (Lipinski definition) is 0. The molecule has 1 fully saturated rings. The molecule has 0 amide bonds. The van der Waals surface area contributed by atoms with Gasteiger partial charge in [0.25, 0.3) is 0 Å². The van der Waals surface area contributed by atoms with Gasteiger partial charge in [0.1, 0.15) is 11.5 Å². The molecule has 1 aliphatic rings. The third-order valence-corrected chi connectivity index (χ3v) is 3.77. The van der Waals surface area contributed by atoms with Crippen molar-refractivity contribution in [1.82, 2.24) is 0 Å². The summed E-state index contributed by atoms with van der Waals surface area (Å²) in [5.74, 6) is -1.26. The molecule has 4 nitrogen and oxygen atoms in total. The van der Waals surface area contributed by atoms with E-state index in [1.165, 1.54) is 0 Å². The van der Waals surface area contributed by atoms with Gasteiger partial charge in [-0.25, -0.2) is 0 Å². The van der Waals surface area contributed by atoms with Crippen molar-refractivity contribution in [1.29, 1.82) is 0 Å². The van der Waals surface area contributed by atoms with E-state index in [0.29, 0.717) is 13.2 Å². The van der Waals surface area contributed by atoms with Crippen LogP contribution in [0.1, 0.15) is 53.4 Å². The summed E-state index contributed by atoms with van der Waals surface area (Å²) in [7, 11) is 0. The van der Waals surface area contributed by atoms with Gasteiger partial charge in [-0.05, 0) is 45.4 Å². The maximum atomic E-state index is 12.8. The molecule has 19 heavy (non-hydrogen) atoms. The molecule has 0 saturated heterocycles. The molecule has 0 radical (unpaired) electrons. The maximum absolute atomic E-state index is 12.8. The second-order valence-corrected chi connectivity index (χ2v) is 5.47. The van der Waals surface area contributed by atoms with Gasteiger partial charge < -0.3 is 9.47 Å². The molecular weight excluding hydrogens is 244 g/mol. The number of rotatable bonds is 7. The molecule has 1 saturated carbocycles. The van der Waals surface area contributed by atoms with Crippen LogP contribution >= 0.6 is 0 Å². The topological polar surface area (TPSA) is 52.6 Å². The second kappa shape index (κ2) is 7.04. The largest absolute Gasteiger partial charge is 0.465 e. The van der Waals surface area contributed by atoms with Gasteiger partial charge in [-0.15, -0.1) is 0 Å². The van der Waals surface area contributed by atoms with E-state index < -0.39 is 17.5 Å². The van der Waals surface area contributed by atoms with Gasteiger partial charge in [-0.1, -0.05) is 13.8 Å². The number of ether oxygens (including phenoxy) is 2. The lowest BCUT2D eigenvalue weighted by atomic mass is 9.81. The Bertz CT molecular complexity index is 316. The van der Waals surface area contributed by atoms with E-state index in [-0.39, 0.29) is 11.7 Å². The van der Waals surface area contributed by atoms with Crippen molar-refractivity contribution < 1.29 is 19.1 Å². The Morgan fingerprint density at radius 3 is 2.11 bits per heavy atom. The van der Waals surface area contributed by atoms with Crippen molar-refractivity contribution in [2.24, 2.45) is 11.8 Å². The van der Waals surface area contributed by atoms with Crippen molar-refractivity contribution in [2.45, 2.75) is 59.0 Å². The highest BCUT2D eigenvalue weighted by Gasteiger charge is 2.48. The van der Waals surface area contributed by atoms with Crippen molar-refractivity contribution in [2.75, 3.05) is 13.2 Å². The van der Waals surface area contributed by atoms with Crippen LogP contribution < -0.4 is 0 Å². The lowest BCUT2D eigenvalue weighted by Crippen LogP contribution is -2.47. The fourth-order valence-electron chi connectivity index (χ4n) is 2.88. The highest BCUT2D eigenvalue weighted by Crippen LogP contribution is 2.37. The zero-order valence-corrected chi connectivity index (χ0v) is 12.5. The van der Waals surface area contributed by atoms with Gasteiger partial charge in [0.15, 0.2) is 5.78 Å². The number of carbonyl (C=O) groups is 2. The van der Waals surface area contributed by atoms with Gasteiger partial charge in [-0.3, -0.25) is 9.59 Å². The summed E-state index contributed by atoms with van der Waals surface area (Å²) in [6, 6.07) is 0. The average Bonchev–Trinajstić information content (AvgIpc) is 2.79. The monoisotopic (exact) mass is 270 g/mol. The van der Waals surface area contributed by atoms with Crippen molar-refractivity contribution in [3.8, 4) is 0 Å². The van der Waals surface area contributed by atoms with Crippen LogP contribution in [-0.2, 0) is 19.1 Å². The molecule has 1 rings (SSSR count). The number of Topliss-reactive ketones (excluding diaryl/α,β-unsaturated/α-hetero) is 1. The van der Waals surface area contributed by atoms with Crippen LogP contribution in [0, 0.1) is 11.8 Å². The summed E-state index contributed by atoms with van der Waals surface area (Å²) < 4.78 is 10.8. The van der Waals surface area contributed by atoms with Crippen LogP contribution in [0.15, 0.2) is 0 Å². The molecule has 1 unspecified atom stereocenters. The standard InChI is InChI=1S/C15H26O4/c1-5-18-14(17)12(11(3)4)13(16)15(19-6-2)9-7-8-10-15/h11-12H,5-10H2,1-4H3. The van der Waals surface area contributed by atoms with E-state index in [0.717, 1.165) is 25.7 Å². The molecule has 4 heteroatoms. The summed E-state index contributed by atoms with van der Waals surface area (Å²) in [6.07, 6.45) is 3.42. The Balaban J connectivity index is 2.94. The van der Waals surface area contributed by atoms with E-state index in [4.69, 9.17) is 9.47 Å². The van der Waals surface area contributed by atoms with Gasteiger partial charge in [0, 0.05) is 6.61 Å². The van der Waals surface area contributed by atoms with Gasteiger partial charge in [0.05, 0.1) is 6.61 Å². The minimum atomic E-state index is -0.754. The van der Waals surface area contributed by atoms with Gasteiger partial charge >= 0.3 is 5.97 Å². The Labute approximate surface area is 115 Å².